The van der Waals surface area contributed by atoms with Crippen LogP contribution in [0.3, 0.4) is 0 Å². The fourth-order valence-corrected chi connectivity index (χ4v) is 1.96. The fraction of sp³-hybridized carbons (Fsp3) is 0.400. The smallest absolute Gasteiger partial charge is 0.149 e. The van der Waals surface area contributed by atoms with Gasteiger partial charge >= 0.3 is 0 Å². The summed E-state index contributed by atoms with van der Waals surface area (Å²) in [6, 6.07) is 2.22. The van der Waals surface area contributed by atoms with E-state index in [0.717, 1.165) is 19.4 Å². The maximum Gasteiger partial charge on any atom is 0.149 e. The number of nitrogens with one attached hydrogen (secondary N) is 1. The summed E-state index contributed by atoms with van der Waals surface area (Å²) in [5.41, 5.74) is 0.0787. The van der Waals surface area contributed by atoms with Gasteiger partial charge < -0.3 is 5.32 Å². The molecule has 1 aromatic rings. The topological polar surface area (TPSA) is 12.0 Å². The number of hydrogen-bond acceptors (Lipinski definition) is 1. The monoisotopic (exact) mass is 253 g/mol. The van der Waals surface area contributed by atoms with Crippen molar-refractivity contribution >= 4 is 24.0 Å². The molecule has 1 aromatic carbocycles. The average Bonchev–Trinajstić information content (AvgIpc) is 2.65. The van der Waals surface area contributed by atoms with E-state index in [-0.39, 0.29) is 29.0 Å². The summed E-state index contributed by atoms with van der Waals surface area (Å²) in [5.74, 6) is -1.16. The van der Waals surface area contributed by atoms with Gasteiger partial charge in [-0.2, -0.15) is 0 Å². The molecule has 1 N–H and O–H groups in total. The van der Waals surface area contributed by atoms with Gasteiger partial charge in [0.25, 0.3) is 0 Å². The van der Waals surface area contributed by atoms with Crippen molar-refractivity contribution in [2.75, 3.05) is 6.54 Å². The molecule has 1 atom stereocenters. The Kier molecular flexibility index (Phi) is 4.32. The summed E-state index contributed by atoms with van der Waals surface area (Å²) < 4.78 is 26.8. The van der Waals surface area contributed by atoms with Gasteiger partial charge in [-0.05, 0) is 31.5 Å². The minimum atomic E-state index is -0.633. The quantitative estimate of drug-likeness (QED) is 0.756. The third-order valence-electron chi connectivity index (χ3n) is 2.49. The molecule has 0 bridgehead atoms. The Morgan fingerprint density at radius 1 is 1.33 bits per heavy atom. The van der Waals surface area contributed by atoms with Crippen LogP contribution in [0.4, 0.5) is 8.78 Å². The first-order chi connectivity index (χ1) is 6.70. The Balaban J connectivity index is 0.00000112. The van der Waals surface area contributed by atoms with Crippen molar-refractivity contribution in [3.8, 4) is 0 Å². The van der Waals surface area contributed by atoms with E-state index in [2.05, 4.69) is 5.32 Å². The third kappa shape index (κ3) is 2.41. The molecule has 1 aliphatic rings. The van der Waals surface area contributed by atoms with Gasteiger partial charge in [0.2, 0.25) is 0 Å². The van der Waals surface area contributed by atoms with Crippen molar-refractivity contribution in [1.29, 1.82) is 0 Å². The van der Waals surface area contributed by atoms with Crippen molar-refractivity contribution < 1.29 is 8.78 Å². The second-order valence-corrected chi connectivity index (χ2v) is 3.81. The Morgan fingerprint density at radius 3 is 2.67 bits per heavy atom. The fourth-order valence-electron chi connectivity index (χ4n) is 1.79. The molecule has 84 valence electrons. The highest BCUT2D eigenvalue weighted by Gasteiger charge is 2.24. The second kappa shape index (κ2) is 5.10. The molecule has 0 amide bonds. The van der Waals surface area contributed by atoms with Crippen LogP contribution in [-0.2, 0) is 0 Å². The summed E-state index contributed by atoms with van der Waals surface area (Å²) in [6.07, 6.45) is 1.70. The minimum Gasteiger partial charge on any atom is -0.310 e. The van der Waals surface area contributed by atoms with Crippen molar-refractivity contribution in [2.45, 2.75) is 18.9 Å². The van der Waals surface area contributed by atoms with Crippen molar-refractivity contribution in [3.63, 3.8) is 0 Å². The third-order valence-corrected chi connectivity index (χ3v) is 2.78. The lowest BCUT2D eigenvalue weighted by atomic mass is 10.0. The zero-order chi connectivity index (χ0) is 10.1. The first-order valence-electron chi connectivity index (χ1n) is 4.57. The largest absolute Gasteiger partial charge is 0.310 e. The molecule has 0 aromatic heterocycles. The molecule has 1 heterocycles. The molecule has 1 nitrogen and oxygen atoms in total. The molecule has 15 heavy (non-hydrogen) atoms. The van der Waals surface area contributed by atoms with E-state index >= 15 is 0 Å². The van der Waals surface area contributed by atoms with Crippen LogP contribution in [-0.4, -0.2) is 6.54 Å². The summed E-state index contributed by atoms with van der Waals surface area (Å²) in [5, 5.41) is 3.02. The molecule has 1 fully saturated rings. The Labute approximate surface area is 98.2 Å². The molecule has 0 aliphatic carbocycles. The molecule has 1 saturated heterocycles. The number of rotatable bonds is 1. The minimum absolute atomic E-state index is 0. The number of halogens is 4. The van der Waals surface area contributed by atoms with E-state index in [0.29, 0.717) is 0 Å². The van der Waals surface area contributed by atoms with Crippen molar-refractivity contribution in [3.05, 3.63) is 34.4 Å². The van der Waals surface area contributed by atoms with E-state index < -0.39 is 11.6 Å². The van der Waals surface area contributed by atoms with Crippen LogP contribution < -0.4 is 5.32 Å². The Morgan fingerprint density at radius 2 is 2.07 bits per heavy atom. The lowest BCUT2D eigenvalue weighted by molar-refractivity contribution is 0.507. The lowest BCUT2D eigenvalue weighted by Crippen LogP contribution is -2.16. The molecule has 1 unspecified atom stereocenters. The van der Waals surface area contributed by atoms with Crippen LogP contribution in [0.1, 0.15) is 24.4 Å². The molecule has 2 rings (SSSR count). The van der Waals surface area contributed by atoms with Gasteiger partial charge in [0, 0.05) is 11.6 Å². The molecule has 0 spiro atoms. The normalized spacial score (nSPS) is 20.1. The summed E-state index contributed by atoms with van der Waals surface area (Å²) in [6.45, 7) is 0.802. The number of hydrogen-bond donors (Lipinski definition) is 1. The number of benzene rings is 1. The molecule has 0 saturated carbocycles. The zero-order valence-electron chi connectivity index (χ0n) is 7.90. The van der Waals surface area contributed by atoms with E-state index in [1.54, 1.807) is 0 Å². The SMILES string of the molecule is Cl.Fc1ccc(Cl)c(F)c1C1CCCN1. The summed E-state index contributed by atoms with van der Waals surface area (Å²) in [7, 11) is 0. The van der Waals surface area contributed by atoms with Crippen LogP contribution in [0.5, 0.6) is 0 Å². The second-order valence-electron chi connectivity index (χ2n) is 3.41. The average molecular weight is 254 g/mol. The predicted molar refractivity (Wildman–Crippen MR) is 58.6 cm³/mol. The first-order valence-corrected chi connectivity index (χ1v) is 4.94. The van der Waals surface area contributed by atoms with Gasteiger partial charge in [0.05, 0.1) is 5.02 Å². The molecule has 5 heteroatoms. The van der Waals surface area contributed by atoms with Gasteiger partial charge in [0.1, 0.15) is 11.6 Å². The van der Waals surface area contributed by atoms with Gasteiger partial charge in [-0.15, -0.1) is 12.4 Å². The van der Waals surface area contributed by atoms with Crippen LogP contribution in [0.2, 0.25) is 5.02 Å². The molecular weight excluding hydrogens is 243 g/mol. The van der Waals surface area contributed by atoms with Crippen molar-refractivity contribution in [2.24, 2.45) is 0 Å². The van der Waals surface area contributed by atoms with E-state index in [1.807, 2.05) is 0 Å². The van der Waals surface area contributed by atoms with Crippen LogP contribution in [0, 0.1) is 11.6 Å². The highest BCUT2D eigenvalue weighted by atomic mass is 35.5. The van der Waals surface area contributed by atoms with E-state index in [1.165, 1.54) is 12.1 Å². The van der Waals surface area contributed by atoms with Gasteiger partial charge in [-0.1, -0.05) is 11.6 Å². The standard InChI is InChI=1S/C10H10ClF2N.ClH/c11-6-3-4-7(12)9(10(6)13)8-2-1-5-14-8;/h3-4,8,14H,1-2,5H2;1H. The van der Waals surface area contributed by atoms with Gasteiger partial charge in [-0.3, -0.25) is 0 Å². The maximum absolute atomic E-state index is 13.5. The van der Waals surface area contributed by atoms with E-state index in [9.17, 15) is 8.78 Å². The zero-order valence-corrected chi connectivity index (χ0v) is 9.47. The maximum atomic E-state index is 13.5. The molecule has 1 aliphatic heterocycles. The van der Waals surface area contributed by atoms with Crippen LogP contribution in [0.25, 0.3) is 0 Å². The lowest BCUT2D eigenvalue weighted by Gasteiger charge is -2.13. The summed E-state index contributed by atoms with van der Waals surface area (Å²) >= 11 is 5.59. The highest BCUT2D eigenvalue weighted by Crippen LogP contribution is 2.30. The van der Waals surface area contributed by atoms with Crippen molar-refractivity contribution in [1.82, 2.24) is 5.32 Å². The van der Waals surface area contributed by atoms with Gasteiger partial charge in [0.15, 0.2) is 0 Å². The molecular formula is C10H11Cl2F2N. The van der Waals surface area contributed by atoms with Crippen LogP contribution >= 0.6 is 24.0 Å². The van der Waals surface area contributed by atoms with E-state index in [4.69, 9.17) is 11.6 Å². The predicted octanol–water partition coefficient (Wildman–Crippen LogP) is 3.46. The Bertz CT molecular complexity index is 352. The Hall–Kier alpha value is -0.380. The highest BCUT2D eigenvalue weighted by molar-refractivity contribution is 6.30. The van der Waals surface area contributed by atoms with Crippen LogP contribution in [0.15, 0.2) is 12.1 Å². The van der Waals surface area contributed by atoms with Gasteiger partial charge in [-0.25, -0.2) is 8.78 Å². The first kappa shape index (κ1) is 12.7. The molecule has 0 radical (unpaired) electrons. The summed E-state index contributed by atoms with van der Waals surface area (Å²) in [4.78, 5) is 0.